The van der Waals surface area contributed by atoms with Gasteiger partial charge in [0.2, 0.25) is 0 Å². The van der Waals surface area contributed by atoms with E-state index >= 15 is 0 Å². The summed E-state index contributed by atoms with van der Waals surface area (Å²) in [6.45, 7) is 0.331. The van der Waals surface area contributed by atoms with E-state index in [1.165, 1.54) is 23.1 Å². The molecule has 8 nitrogen and oxygen atoms in total. The summed E-state index contributed by atoms with van der Waals surface area (Å²) in [6, 6.07) is 13.8. The largest absolute Gasteiger partial charge is 0.387 e. The summed E-state index contributed by atoms with van der Waals surface area (Å²) in [5.74, 6) is -0.310. The number of hydrogen-bond donors (Lipinski definition) is 1. The Morgan fingerprint density at radius 1 is 1.26 bits per heavy atom. The molecule has 1 N–H and O–H groups in total. The lowest BCUT2D eigenvalue weighted by Crippen LogP contribution is -2.26. The number of benzene rings is 2. The van der Waals surface area contributed by atoms with Crippen LogP contribution in [-0.2, 0) is 6.54 Å². The fraction of sp³-hybridized carbons (Fsp3) is 0.158. The topological polar surface area (TPSA) is 93.3 Å². The number of amides is 1. The Morgan fingerprint density at radius 3 is 2.67 bits per heavy atom. The molecule has 1 aromatic heterocycles. The molecule has 0 spiro atoms. The van der Waals surface area contributed by atoms with Crippen molar-refractivity contribution in [2.75, 3.05) is 19.4 Å². The van der Waals surface area contributed by atoms with Crippen LogP contribution in [0.3, 0.4) is 0 Å². The van der Waals surface area contributed by atoms with Gasteiger partial charge in [0.25, 0.3) is 11.6 Å². The van der Waals surface area contributed by atoms with Gasteiger partial charge in [-0.2, -0.15) is 5.10 Å². The minimum absolute atomic E-state index is 0.123. The number of anilines is 1. The van der Waals surface area contributed by atoms with Crippen LogP contribution in [0.1, 0.15) is 15.9 Å². The maximum atomic E-state index is 12.8. The van der Waals surface area contributed by atoms with Gasteiger partial charge in [-0.15, -0.1) is 0 Å². The van der Waals surface area contributed by atoms with Crippen LogP contribution in [0.4, 0.5) is 11.4 Å². The number of aromatic nitrogens is 2. The molecule has 3 aromatic rings. The van der Waals surface area contributed by atoms with Crippen LogP contribution in [0.15, 0.2) is 60.9 Å². The second kappa shape index (κ2) is 7.69. The van der Waals surface area contributed by atoms with Gasteiger partial charge in [0, 0.05) is 50.2 Å². The molecule has 2 aromatic carbocycles. The van der Waals surface area contributed by atoms with Crippen molar-refractivity contribution < 1.29 is 9.72 Å². The Labute approximate surface area is 156 Å². The first-order valence-corrected chi connectivity index (χ1v) is 8.30. The lowest BCUT2D eigenvalue weighted by Gasteiger charge is -2.18. The molecule has 1 amide bonds. The average Bonchev–Trinajstić information content (AvgIpc) is 3.16. The predicted octanol–water partition coefficient (Wildman–Crippen LogP) is 3.09. The van der Waals surface area contributed by atoms with E-state index in [4.69, 9.17) is 0 Å². The molecule has 0 aliphatic heterocycles. The maximum Gasteiger partial charge on any atom is 0.270 e. The number of hydrogen-bond acceptors (Lipinski definition) is 5. The van der Waals surface area contributed by atoms with Gasteiger partial charge in [-0.05, 0) is 18.2 Å². The van der Waals surface area contributed by atoms with Crippen LogP contribution >= 0.6 is 0 Å². The van der Waals surface area contributed by atoms with Crippen LogP contribution in [-0.4, -0.2) is 39.6 Å². The van der Waals surface area contributed by atoms with Gasteiger partial charge < -0.3 is 10.2 Å². The molecule has 0 fully saturated rings. The number of rotatable bonds is 6. The first kappa shape index (κ1) is 18.1. The number of nitrogens with one attached hydrogen (secondary N) is 1. The Balaban J connectivity index is 1.80. The summed E-state index contributed by atoms with van der Waals surface area (Å²) in [6.07, 6.45) is 3.55. The molecule has 8 heteroatoms. The smallest absolute Gasteiger partial charge is 0.270 e. The van der Waals surface area contributed by atoms with Crippen molar-refractivity contribution in [2.24, 2.45) is 0 Å². The molecule has 0 aliphatic rings. The third-order valence-electron chi connectivity index (χ3n) is 4.14. The molecule has 0 bridgehead atoms. The number of carbonyl (C=O) groups excluding carboxylic acids is 1. The van der Waals surface area contributed by atoms with Gasteiger partial charge in [-0.1, -0.05) is 18.2 Å². The molecule has 3 rings (SSSR count). The summed E-state index contributed by atoms with van der Waals surface area (Å²) >= 11 is 0. The molecule has 27 heavy (non-hydrogen) atoms. The van der Waals surface area contributed by atoms with E-state index in [0.29, 0.717) is 12.2 Å². The molecule has 0 unspecified atom stereocenters. The molecular formula is C19H19N5O3. The van der Waals surface area contributed by atoms with Gasteiger partial charge in [0.1, 0.15) is 0 Å². The normalized spacial score (nSPS) is 10.4. The monoisotopic (exact) mass is 365 g/mol. The molecule has 1 heterocycles. The standard InChI is InChI=1S/C19H19N5O3/c1-20-18-9-8-16(24(26)27)10-17(18)19(25)22(2)12-14-11-21-23(13-14)15-6-4-3-5-7-15/h3-11,13,20H,12H2,1-2H3. The minimum Gasteiger partial charge on any atom is -0.387 e. The molecule has 0 saturated carbocycles. The zero-order valence-corrected chi connectivity index (χ0v) is 15.0. The first-order valence-electron chi connectivity index (χ1n) is 8.30. The average molecular weight is 365 g/mol. The van der Waals surface area contributed by atoms with Crippen molar-refractivity contribution in [3.05, 3.63) is 82.2 Å². The molecule has 0 radical (unpaired) electrons. The van der Waals surface area contributed by atoms with Crippen molar-refractivity contribution >= 4 is 17.3 Å². The van der Waals surface area contributed by atoms with E-state index in [1.807, 2.05) is 36.5 Å². The fourth-order valence-electron chi connectivity index (χ4n) is 2.76. The van der Waals surface area contributed by atoms with Crippen LogP contribution in [0.2, 0.25) is 0 Å². The van der Waals surface area contributed by atoms with Crippen LogP contribution in [0.5, 0.6) is 0 Å². The molecular weight excluding hydrogens is 346 g/mol. The summed E-state index contributed by atoms with van der Waals surface area (Å²) in [7, 11) is 3.32. The van der Waals surface area contributed by atoms with Crippen LogP contribution < -0.4 is 5.32 Å². The van der Waals surface area contributed by atoms with Crippen molar-refractivity contribution in [3.8, 4) is 5.69 Å². The van der Waals surface area contributed by atoms with Crippen molar-refractivity contribution in [1.82, 2.24) is 14.7 Å². The Bertz CT molecular complexity index is 968. The van der Waals surface area contributed by atoms with Crippen LogP contribution in [0.25, 0.3) is 5.69 Å². The van der Waals surface area contributed by atoms with E-state index < -0.39 is 4.92 Å². The number of para-hydroxylation sites is 1. The summed E-state index contributed by atoms with van der Waals surface area (Å²) in [5.41, 5.74) is 2.45. The summed E-state index contributed by atoms with van der Waals surface area (Å²) < 4.78 is 1.74. The highest BCUT2D eigenvalue weighted by atomic mass is 16.6. The molecule has 138 valence electrons. The fourth-order valence-corrected chi connectivity index (χ4v) is 2.76. The number of non-ortho nitro benzene ring substituents is 1. The summed E-state index contributed by atoms with van der Waals surface area (Å²) in [5, 5.41) is 18.2. The highest BCUT2D eigenvalue weighted by Crippen LogP contribution is 2.23. The second-order valence-corrected chi connectivity index (χ2v) is 6.03. The van der Waals surface area contributed by atoms with Gasteiger partial charge in [0.15, 0.2) is 0 Å². The number of nitro benzene ring substituents is 1. The first-order chi connectivity index (χ1) is 13.0. The molecule has 0 aliphatic carbocycles. The van der Waals surface area contributed by atoms with Crippen LogP contribution in [0, 0.1) is 10.1 Å². The Morgan fingerprint density at radius 2 is 2.00 bits per heavy atom. The quantitative estimate of drug-likeness (QED) is 0.535. The van der Waals surface area contributed by atoms with E-state index in [1.54, 1.807) is 25.0 Å². The third-order valence-corrected chi connectivity index (χ3v) is 4.14. The van der Waals surface area contributed by atoms with E-state index in [2.05, 4.69) is 10.4 Å². The Hall–Kier alpha value is -3.68. The molecule has 0 atom stereocenters. The van der Waals surface area contributed by atoms with Crippen molar-refractivity contribution in [1.29, 1.82) is 0 Å². The van der Waals surface area contributed by atoms with Gasteiger partial charge in [0.05, 0.1) is 22.4 Å². The minimum atomic E-state index is -0.514. The van der Waals surface area contributed by atoms with Gasteiger partial charge >= 0.3 is 0 Å². The van der Waals surface area contributed by atoms with Gasteiger partial charge in [-0.25, -0.2) is 4.68 Å². The maximum absolute atomic E-state index is 12.8. The zero-order chi connectivity index (χ0) is 19.4. The second-order valence-electron chi connectivity index (χ2n) is 6.03. The highest BCUT2D eigenvalue weighted by molar-refractivity contribution is 6.00. The van der Waals surface area contributed by atoms with E-state index in [0.717, 1.165) is 11.3 Å². The number of nitro groups is 1. The zero-order valence-electron chi connectivity index (χ0n) is 15.0. The highest BCUT2D eigenvalue weighted by Gasteiger charge is 2.20. The lowest BCUT2D eigenvalue weighted by atomic mass is 10.1. The van der Waals surface area contributed by atoms with E-state index in [-0.39, 0.29) is 17.2 Å². The number of carbonyl (C=O) groups is 1. The number of nitrogens with zero attached hydrogens (tertiary/aromatic N) is 4. The summed E-state index contributed by atoms with van der Waals surface area (Å²) in [4.78, 5) is 24.8. The van der Waals surface area contributed by atoms with Crippen molar-refractivity contribution in [2.45, 2.75) is 6.54 Å². The predicted molar refractivity (Wildman–Crippen MR) is 102 cm³/mol. The van der Waals surface area contributed by atoms with Crippen molar-refractivity contribution in [3.63, 3.8) is 0 Å². The molecule has 0 saturated heterocycles. The SMILES string of the molecule is CNc1ccc([N+](=O)[O-])cc1C(=O)N(C)Cc1cnn(-c2ccccc2)c1. The van der Waals surface area contributed by atoms with E-state index in [9.17, 15) is 14.9 Å². The lowest BCUT2D eigenvalue weighted by molar-refractivity contribution is -0.384. The van der Waals surface area contributed by atoms with Gasteiger partial charge in [-0.3, -0.25) is 14.9 Å². The third kappa shape index (κ3) is 3.95. The Kier molecular flexibility index (Phi) is 5.16.